The van der Waals surface area contributed by atoms with E-state index in [2.05, 4.69) is 12.0 Å². The van der Waals surface area contributed by atoms with Gasteiger partial charge in [0.05, 0.1) is 5.69 Å². The zero-order valence-corrected chi connectivity index (χ0v) is 11.9. The molecule has 0 fully saturated rings. The predicted molar refractivity (Wildman–Crippen MR) is 75.0 cm³/mol. The molecule has 2 rings (SSSR count). The number of nitrogens with two attached hydrogens (primary N) is 1. The van der Waals surface area contributed by atoms with E-state index in [-0.39, 0.29) is 11.9 Å². The van der Waals surface area contributed by atoms with Crippen LogP contribution in [0.15, 0.2) is 18.2 Å². The van der Waals surface area contributed by atoms with Crippen molar-refractivity contribution < 1.29 is 4.39 Å². The van der Waals surface area contributed by atoms with Gasteiger partial charge in [-0.3, -0.25) is 0 Å². The minimum absolute atomic E-state index is 0.236. The molecule has 0 spiro atoms. The van der Waals surface area contributed by atoms with Crippen LogP contribution < -0.4 is 5.73 Å². The third-order valence-electron chi connectivity index (χ3n) is 3.52. The summed E-state index contributed by atoms with van der Waals surface area (Å²) in [5.74, 6) is -0.289. The molecule has 4 heteroatoms. The Balaban J connectivity index is 2.72. The molecule has 0 saturated carbocycles. The van der Waals surface area contributed by atoms with Crippen molar-refractivity contribution in [3.63, 3.8) is 0 Å². The van der Waals surface area contributed by atoms with Crippen LogP contribution in [0.5, 0.6) is 0 Å². The van der Waals surface area contributed by atoms with Gasteiger partial charge in [0.2, 0.25) is 0 Å². The lowest BCUT2D eigenvalue weighted by Gasteiger charge is -2.15. The second kappa shape index (κ2) is 5.13. The number of hydrogen-bond acceptors (Lipinski definition) is 2. The fourth-order valence-corrected chi connectivity index (χ4v) is 2.53. The van der Waals surface area contributed by atoms with Crippen LogP contribution in [0.3, 0.4) is 0 Å². The second-order valence-electron chi connectivity index (χ2n) is 4.88. The van der Waals surface area contributed by atoms with E-state index in [1.165, 1.54) is 11.6 Å². The van der Waals surface area contributed by atoms with Gasteiger partial charge in [0.1, 0.15) is 11.5 Å². The molecule has 1 aromatic heterocycles. The molecular weight excluding hydrogens is 241 g/mol. The molecule has 0 aliphatic carbocycles. The Hall–Kier alpha value is -1.68. The number of benzene rings is 1. The van der Waals surface area contributed by atoms with Crippen molar-refractivity contribution in [1.29, 1.82) is 0 Å². The van der Waals surface area contributed by atoms with Crippen molar-refractivity contribution in [2.45, 2.75) is 40.2 Å². The quantitative estimate of drug-likeness (QED) is 0.922. The van der Waals surface area contributed by atoms with Gasteiger partial charge in [0.15, 0.2) is 0 Å². The van der Waals surface area contributed by atoms with Gasteiger partial charge in [-0.2, -0.15) is 5.10 Å². The zero-order valence-electron chi connectivity index (χ0n) is 11.9. The fourth-order valence-electron chi connectivity index (χ4n) is 2.53. The Morgan fingerprint density at radius 1 is 1.37 bits per heavy atom. The zero-order chi connectivity index (χ0) is 14.2. The molecule has 19 heavy (non-hydrogen) atoms. The summed E-state index contributed by atoms with van der Waals surface area (Å²) < 4.78 is 15.9. The normalized spacial score (nSPS) is 12.7. The Kier molecular flexibility index (Phi) is 3.71. The van der Waals surface area contributed by atoms with Crippen LogP contribution in [0, 0.1) is 19.7 Å². The number of rotatable bonds is 3. The van der Waals surface area contributed by atoms with Crippen molar-refractivity contribution in [2.75, 3.05) is 0 Å². The molecule has 1 atom stereocenters. The van der Waals surface area contributed by atoms with Crippen molar-refractivity contribution in [3.05, 3.63) is 46.5 Å². The minimum Gasteiger partial charge on any atom is -0.324 e. The molecule has 0 bridgehead atoms. The SMILES string of the molecule is CCc1c(C)nn(-c2c(F)cccc2C(C)N)c1C. The monoisotopic (exact) mass is 261 g/mol. The number of halogens is 1. The first kappa shape index (κ1) is 13.7. The predicted octanol–water partition coefficient (Wildman–Crippen LogP) is 3.21. The summed E-state index contributed by atoms with van der Waals surface area (Å²) >= 11 is 0. The highest BCUT2D eigenvalue weighted by Gasteiger charge is 2.18. The second-order valence-corrected chi connectivity index (χ2v) is 4.88. The number of hydrogen-bond donors (Lipinski definition) is 1. The van der Waals surface area contributed by atoms with Crippen molar-refractivity contribution in [2.24, 2.45) is 5.73 Å². The third-order valence-corrected chi connectivity index (χ3v) is 3.52. The van der Waals surface area contributed by atoms with Gasteiger partial charge < -0.3 is 5.73 Å². The fraction of sp³-hybridized carbons (Fsp3) is 0.400. The molecule has 0 aliphatic rings. The Bertz CT molecular complexity index is 600. The third kappa shape index (κ3) is 2.28. The summed E-state index contributed by atoms with van der Waals surface area (Å²) in [6, 6.07) is 4.75. The summed E-state index contributed by atoms with van der Waals surface area (Å²) in [4.78, 5) is 0. The summed E-state index contributed by atoms with van der Waals surface area (Å²) in [6.45, 7) is 7.85. The first-order valence-corrected chi connectivity index (χ1v) is 6.56. The summed E-state index contributed by atoms with van der Waals surface area (Å²) in [7, 11) is 0. The van der Waals surface area contributed by atoms with Gasteiger partial charge in [-0.25, -0.2) is 9.07 Å². The van der Waals surface area contributed by atoms with Crippen LogP contribution in [0.25, 0.3) is 5.69 Å². The molecule has 0 amide bonds. The van der Waals surface area contributed by atoms with Gasteiger partial charge in [0.25, 0.3) is 0 Å². The van der Waals surface area contributed by atoms with Gasteiger partial charge >= 0.3 is 0 Å². The average Bonchev–Trinajstić information content (AvgIpc) is 2.63. The lowest BCUT2D eigenvalue weighted by molar-refractivity contribution is 0.599. The maximum atomic E-state index is 14.2. The number of aryl methyl sites for hydroxylation is 1. The van der Waals surface area contributed by atoms with E-state index in [1.807, 2.05) is 26.8 Å². The van der Waals surface area contributed by atoms with E-state index >= 15 is 0 Å². The van der Waals surface area contributed by atoms with Gasteiger partial charge in [-0.1, -0.05) is 19.1 Å². The van der Waals surface area contributed by atoms with E-state index in [4.69, 9.17) is 5.73 Å². The van der Waals surface area contributed by atoms with Crippen LogP contribution in [0.1, 0.15) is 42.4 Å². The van der Waals surface area contributed by atoms with Gasteiger partial charge in [0, 0.05) is 11.7 Å². The highest BCUT2D eigenvalue weighted by molar-refractivity contribution is 5.46. The lowest BCUT2D eigenvalue weighted by Crippen LogP contribution is -2.13. The topological polar surface area (TPSA) is 43.8 Å². The highest BCUT2D eigenvalue weighted by Crippen LogP contribution is 2.26. The molecule has 1 unspecified atom stereocenters. The van der Waals surface area contributed by atoms with Crippen LogP contribution in [-0.2, 0) is 6.42 Å². The van der Waals surface area contributed by atoms with Crippen LogP contribution in [0.4, 0.5) is 4.39 Å². The Morgan fingerprint density at radius 3 is 2.58 bits per heavy atom. The lowest BCUT2D eigenvalue weighted by atomic mass is 10.1. The van der Waals surface area contributed by atoms with Gasteiger partial charge in [-0.05, 0) is 44.4 Å². The van der Waals surface area contributed by atoms with E-state index in [9.17, 15) is 4.39 Å². The van der Waals surface area contributed by atoms with E-state index in [0.717, 1.165) is 23.4 Å². The van der Waals surface area contributed by atoms with E-state index < -0.39 is 0 Å². The summed E-state index contributed by atoms with van der Waals surface area (Å²) in [5.41, 5.74) is 10.3. The molecule has 1 aromatic carbocycles. The van der Waals surface area contributed by atoms with Crippen molar-refractivity contribution in [1.82, 2.24) is 9.78 Å². The standard InChI is InChI=1S/C15H20FN3/c1-5-12-10(3)18-19(11(12)4)15-13(9(2)17)7-6-8-14(15)16/h6-9H,5,17H2,1-4H3. The molecule has 2 N–H and O–H groups in total. The molecular formula is C15H20FN3. The first-order chi connectivity index (χ1) is 8.97. The number of nitrogens with zero attached hydrogens (tertiary/aromatic N) is 2. The van der Waals surface area contributed by atoms with Crippen molar-refractivity contribution in [3.8, 4) is 5.69 Å². The summed E-state index contributed by atoms with van der Waals surface area (Å²) in [5, 5.41) is 4.48. The largest absolute Gasteiger partial charge is 0.324 e. The molecule has 0 saturated heterocycles. The van der Waals surface area contributed by atoms with E-state index in [0.29, 0.717) is 5.69 Å². The van der Waals surface area contributed by atoms with Crippen LogP contribution >= 0.6 is 0 Å². The maximum Gasteiger partial charge on any atom is 0.149 e. The smallest absolute Gasteiger partial charge is 0.149 e. The molecule has 3 nitrogen and oxygen atoms in total. The maximum absolute atomic E-state index is 14.2. The molecule has 102 valence electrons. The van der Waals surface area contributed by atoms with Crippen molar-refractivity contribution >= 4 is 0 Å². The van der Waals surface area contributed by atoms with Crippen LogP contribution in [0.2, 0.25) is 0 Å². The molecule has 2 aromatic rings. The molecule has 1 heterocycles. The molecule has 0 radical (unpaired) electrons. The molecule has 0 aliphatic heterocycles. The summed E-state index contributed by atoms with van der Waals surface area (Å²) in [6.07, 6.45) is 0.889. The van der Waals surface area contributed by atoms with Gasteiger partial charge in [-0.15, -0.1) is 0 Å². The average molecular weight is 261 g/mol. The Morgan fingerprint density at radius 2 is 2.05 bits per heavy atom. The first-order valence-electron chi connectivity index (χ1n) is 6.56. The van der Waals surface area contributed by atoms with Crippen LogP contribution in [-0.4, -0.2) is 9.78 Å². The number of aromatic nitrogens is 2. The Labute approximate surface area is 113 Å². The number of para-hydroxylation sites is 1. The highest BCUT2D eigenvalue weighted by atomic mass is 19.1. The van der Waals surface area contributed by atoms with E-state index in [1.54, 1.807) is 10.7 Å². The minimum atomic E-state index is -0.289.